The molecule has 1 aromatic rings. The average Bonchev–Trinajstić information content (AvgIpc) is 2.42. The van der Waals surface area contributed by atoms with Crippen molar-refractivity contribution in [1.29, 1.82) is 0 Å². The van der Waals surface area contributed by atoms with E-state index in [2.05, 4.69) is 4.74 Å². The highest BCUT2D eigenvalue weighted by atomic mass is 16.6. The van der Waals surface area contributed by atoms with Gasteiger partial charge in [-0.25, -0.2) is 4.79 Å². The summed E-state index contributed by atoms with van der Waals surface area (Å²) in [5.74, 6) is -1.05. The van der Waals surface area contributed by atoms with Gasteiger partial charge < -0.3 is 9.47 Å². The zero-order chi connectivity index (χ0) is 16.0. The van der Waals surface area contributed by atoms with Crippen LogP contribution in [0.3, 0.4) is 0 Å². The summed E-state index contributed by atoms with van der Waals surface area (Å²) < 4.78 is 9.92. The summed E-state index contributed by atoms with van der Waals surface area (Å²) in [5.41, 5.74) is 1.16. The molecular weight excluding hydrogens is 268 g/mol. The van der Waals surface area contributed by atoms with Crippen LogP contribution in [0.25, 0.3) is 6.08 Å². The molecule has 0 saturated heterocycles. The fourth-order valence-corrected chi connectivity index (χ4v) is 1.69. The van der Waals surface area contributed by atoms with Crippen molar-refractivity contribution in [2.75, 3.05) is 7.11 Å². The maximum absolute atomic E-state index is 12.1. The molecule has 1 atom stereocenters. The fraction of sp³-hybridized carbons (Fsp3) is 0.412. The van der Waals surface area contributed by atoms with E-state index >= 15 is 0 Å². The zero-order valence-electron chi connectivity index (χ0n) is 13.2. The molecule has 0 aliphatic carbocycles. The molecule has 0 N–H and O–H groups in total. The van der Waals surface area contributed by atoms with E-state index in [0.29, 0.717) is 0 Å². The third-order valence-electron chi connectivity index (χ3n) is 2.78. The van der Waals surface area contributed by atoms with E-state index in [1.165, 1.54) is 13.2 Å². The molecule has 0 bridgehead atoms. The number of hydrogen-bond acceptors (Lipinski definition) is 4. The first-order chi connectivity index (χ1) is 9.73. The molecule has 1 aromatic carbocycles. The monoisotopic (exact) mass is 290 g/mol. The first kappa shape index (κ1) is 17.0. The van der Waals surface area contributed by atoms with Crippen LogP contribution >= 0.6 is 0 Å². The minimum atomic E-state index is -0.506. The second-order valence-corrected chi connectivity index (χ2v) is 5.78. The van der Waals surface area contributed by atoms with Crippen LogP contribution < -0.4 is 0 Å². The summed E-state index contributed by atoms with van der Waals surface area (Å²) in [5, 5.41) is 0. The van der Waals surface area contributed by atoms with E-state index in [9.17, 15) is 9.59 Å². The van der Waals surface area contributed by atoms with Crippen LogP contribution in [-0.4, -0.2) is 24.6 Å². The maximum Gasteiger partial charge on any atom is 0.330 e. The van der Waals surface area contributed by atoms with Crippen molar-refractivity contribution in [2.45, 2.75) is 39.2 Å². The minimum absolute atomic E-state index is 0.267. The predicted octanol–water partition coefficient (Wildman–Crippen LogP) is 3.32. The Morgan fingerprint density at radius 3 is 2.48 bits per heavy atom. The summed E-state index contributed by atoms with van der Waals surface area (Å²) in [6.45, 7) is 7.32. The van der Waals surface area contributed by atoms with E-state index in [-0.39, 0.29) is 11.9 Å². The summed E-state index contributed by atoms with van der Waals surface area (Å²) in [4.78, 5) is 23.2. The topological polar surface area (TPSA) is 52.6 Å². The number of carbonyl (C=O) groups is 2. The van der Waals surface area contributed by atoms with E-state index in [1.54, 1.807) is 13.0 Å². The summed E-state index contributed by atoms with van der Waals surface area (Å²) >= 11 is 0. The molecule has 0 radical (unpaired) electrons. The largest absolute Gasteiger partial charge is 0.466 e. The van der Waals surface area contributed by atoms with Crippen LogP contribution in [0.15, 0.2) is 30.3 Å². The van der Waals surface area contributed by atoms with Gasteiger partial charge in [-0.05, 0) is 44.9 Å². The summed E-state index contributed by atoms with van der Waals surface area (Å²) in [6, 6.07) is 7.41. The van der Waals surface area contributed by atoms with Crippen molar-refractivity contribution in [3.05, 3.63) is 41.5 Å². The molecular formula is C17H22O4. The highest BCUT2D eigenvalue weighted by molar-refractivity contribution is 5.87. The van der Waals surface area contributed by atoms with Crippen LogP contribution in [-0.2, 0) is 19.1 Å². The van der Waals surface area contributed by atoms with Gasteiger partial charge in [-0.1, -0.05) is 24.3 Å². The molecule has 4 nitrogen and oxygen atoms in total. The Labute approximate surface area is 125 Å². The Hall–Kier alpha value is -2.10. The maximum atomic E-state index is 12.1. The summed E-state index contributed by atoms with van der Waals surface area (Å²) in [6.07, 6.45) is 2.99. The lowest BCUT2D eigenvalue weighted by molar-refractivity contribution is -0.156. The van der Waals surface area contributed by atoms with Crippen LogP contribution in [0.4, 0.5) is 0 Å². The zero-order valence-corrected chi connectivity index (χ0v) is 13.2. The highest BCUT2D eigenvalue weighted by Gasteiger charge is 2.22. The number of rotatable bonds is 4. The smallest absolute Gasteiger partial charge is 0.330 e. The quantitative estimate of drug-likeness (QED) is 0.630. The van der Waals surface area contributed by atoms with Crippen LogP contribution in [0, 0.1) is 0 Å². The number of benzene rings is 1. The normalized spacial score (nSPS) is 13.0. The Kier molecular flexibility index (Phi) is 5.70. The fourth-order valence-electron chi connectivity index (χ4n) is 1.69. The third kappa shape index (κ3) is 5.81. The Balaban J connectivity index is 2.87. The number of carbonyl (C=O) groups excluding carboxylic acids is 2. The van der Waals surface area contributed by atoms with E-state index in [1.807, 2.05) is 45.0 Å². The molecule has 0 saturated carbocycles. The van der Waals surface area contributed by atoms with Crippen LogP contribution in [0.1, 0.15) is 44.7 Å². The van der Waals surface area contributed by atoms with E-state index < -0.39 is 11.6 Å². The van der Waals surface area contributed by atoms with Gasteiger partial charge in [0, 0.05) is 6.08 Å². The van der Waals surface area contributed by atoms with Crippen molar-refractivity contribution in [1.82, 2.24) is 0 Å². The van der Waals surface area contributed by atoms with Gasteiger partial charge >= 0.3 is 11.9 Å². The van der Waals surface area contributed by atoms with Gasteiger partial charge in [-0.2, -0.15) is 0 Å². The molecule has 1 rings (SSSR count). The molecule has 0 unspecified atom stereocenters. The molecule has 21 heavy (non-hydrogen) atoms. The molecule has 0 aliphatic rings. The van der Waals surface area contributed by atoms with Gasteiger partial charge in [0.25, 0.3) is 0 Å². The molecule has 0 amide bonds. The van der Waals surface area contributed by atoms with Gasteiger partial charge in [0.2, 0.25) is 0 Å². The van der Waals surface area contributed by atoms with Gasteiger partial charge in [0.15, 0.2) is 0 Å². The average molecular weight is 290 g/mol. The lowest BCUT2D eigenvalue weighted by atomic mass is 9.98. The van der Waals surface area contributed by atoms with E-state index in [0.717, 1.165) is 11.1 Å². The van der Waals surface area contributed by atoms with Crippen molar-refractivity contribution >= 4 is 18.0 Å². The Morgan fingerprint density at radius 1 is 1.24 bits per heavy atom. The Bertz CT molecular complexity index is 538. The molecule has 0 heterocycles. The minimum Gasteiger partial charge on any atom is -0.466 e. The standard InChI is InChI=1S/C17H22O4/c1-12(16(19)21-17(2,3)4)14-8-6-7-13(11-14)9-10-15(18)20-5/h6-12H,1-5H3/b10-9+/t12-/m0/s1. The Morgan fingerprint density at radius 2 is 1.90 bits per heavy atom. The first-order valence-corrected chi connectivity index (χ1v) is 6.82. The van der Waals surface area contributed by atoms with Crippen LogP contribution in [0.2, 0.25) is 0 Å². The molecule has 4 heteroatoms. The second kappa shape index (κ2) is 7.07. The second-order valence-electron chi connectivity index (χ2n) is 5.78. The van der Waals surface area contributed by atoms with Gasteiger partial charge in [0.1, 0.15) is 5.60 Å². The lowest BCUT2D eigenvalue weighted by Crippen LogP contribution is -2.26. The number of hydrogen-bond donors (Lipinski definition) is 0. The van der Waals surface area contributed by atoms with Gasteiger partial charge in [-0.3, -0.25) is 4.79 Å². The molecule has 0 fully saturated rings. The third-order valence-corrected chi connectivity index (χ3v) is 2.78. The number of esters is 2. The lowest BCUT2D eigenvalue weighted by Gasteiger charge is -2.22. The number of methoxy groups -OCH3 is 1. The van der Waals surface area contributed by atoms with Crippen molar-refractivity contribution in [2.24, 2.45) is 0 Å². The van der Waals surface area contributed by atoms with E-state index in [4.69, 9.17) is 4.74 Å². The molecule has 0 aromatic heterocycles. The SMILES string of the molecule is COC(=O)/C=C/c1cccc([C@H](C)C(=O)OC(C)(C)C)c1. The first-order valence-electron chi connectivity index (χ1n) is 6.82. The van der Waals surface area contributed by atoms with Gasteiger partial charge in [0.05, 0.1) is 13.0 Å². The summed E-state index contributed by atoms with van der Waals surface area (Å²) in [7, 11) is 1.33. The number of ether oxygens (including phenoxy) is 2. The molecule has 0 spiro atoms. The van der Waals surface area contributed by atoms with Crippen molar-refractivity contribution in [3.63, 3.8) is 0 Å². The molecule has 114 valence electrons. The van der Waals surface area contributed by atoms with Crippen LogP contribution in [0.5, 0.6) is 0 Å². The van der Waals surface area contributed by atoms with Crippen molar-refractivity contribution < 1.29 is 19.1 Å². The van der Waals surface area contributed by atoms with Crippen molar-refractivity contribution in [3.8, 4) is 0 Å². The van der Waals surface area contributed by atoms with Gasteiger partial charge in [-0.15, -0.1) is 0 Å². The predicted molar refractivity (Wildman–Crippen MR) is 81.8 cm³/mol. The molecule has 0 aliphatic heterocycles. The highest BCUT2D eigenvalue weighted by Crippen LogP contribution is 2.21.